The minimum atomic E-state index is -3.99. The molecular weight excluding hydrogens is 1010 g/mol. The van der Waals surface area contributed by atoms with Gasteiger partial charge in [-0.15, -0.1) is 0 Å². The van der Waals surface area contributed by atoms with E-state index in [0.29, 0.717) is 23.7 Å². The van der Waals surface area contributed by atoms with Crippen molar-refractivity contribution in [2.24, 2.45) is 87.2 Å². The summed E-state index contributed by atoms with van der Waals surface area (Å²) >= 11 is 0. The summed E-state index contributed by atoms with van der Waals surface area (Å²) in [6, 6.07) is 0. The molecule has 0 radical (unpaired) electrons. The Morgan fingerprint density at radius 2 is 0.759 bits per heavy atom. The van der Waals surface area contributed by atoms with Gasteiger partial charge in [0.1, 0.15) is 0 Å². The SMILES string of the molecule is CC(C)C.CC1CCC(C)C1C.CC1C[C@H](C)CC1C(F)(F)F.CCC(C)(C)C.CCC(C)C.CCC(C)C(F)(F)F.CCCC(C)(C)C.CCCC(C)C.CCCC(C)C(F)(F)F.CCCCC.[2H]C(C)(C)C.[2H]C([2H])(C)C(C)(C)C. The summed E-state index contributed by atoms with van der Waals surface area (Å²) in [6.45, 7) is 71.5. The zero-order valence-corrected chi connectivity index (χ0v) is 60.1. The van der Waals surface area contributed by atoms with Crippen LogP contribution >= 0.6 is 0 Å². The number of unbranched alkanes of at least 4 members (excludes halogenated alkanes) is 2. The predicted molar refractivity (Wildman–Crippen MR) is 344 cm³/mol. The molecule has 2 aliphatic rings. The summed E-state index contributed by atoms with van der Waals surface area (Å²) in [5.41, 5.74) is 0.863. The number of hydrogen-bond donors (Lipinski definition) is 0. The second-order valence-corrected chi connectivity index (χ2v) is 28.5. The van der Waals surface area contributed by atoms with Crippen LogP contribution < -0.4 is 0 Å². The van der Waals surface area contributed by atoms with Crippen LogP contribution in [0.1, 0.15) is 356 Å². The van der Waals surface area contributed by atoms with E-state index in [1.165, 1.54) is 91.4 Å². The highest BCUT2D eigenvalue weighted by atomic mass is 19.4. The van der Waals surface area contributed by atoms with E-state index < -0.39 is 42.7 Å². The highest BCUT2D eigenvalue weighted by Gasteiger charge is 2.47. The van der Waals surface area contributed by atoms with Crippen molar-refractivity contribution >= 4 is 0 Å². The molecule has 0 saturated heterocycles. The first-order valence-electron chi connectivity index (χ1n) is 33.3. The molecule has 0 amide bonds. The number of halogens is 9. The van der Waals surface area contributed by atoms with E-state index >= 15 is 0 Å². The lowest BCUT2D eigenvalue weighted by Crippen LogP contribution is -2.24. The molecule has 0 spiro atoms. The fourth-order valence-corrected chi connectivity index (χ4v) is 6.14. The zero-order chi connectivity index (χ0) is 68.7. The fourth-order valence-electron chi connectivity index (χ4n) is 6.14. The van der Waals surface area contributed by atoms with Crippen LogP contribution in [0.5, 0.6) is 0 Å². The van der Waals surface area contributed by atoms with Crippen LogP contribution in [0.4, 0.5) is 39.5 Å². The molecule has 6 unspecified atom stereocenters. The first kappa shape index (κ1) is 92.1. The lowest BCUT2D eigenvalue weighted by molar-refractivity contribution is -0.182. The number of hydrogen-bond acceptors (Lipinski definition) is 0. The lowest BCUT2D eigenvalue weighted by Gasteiger charge is -2.18. The molecule has 2 aliphatic carbocycles. The van der Waals surface area contributed by atoms with Gasteiger partial charge in [0.25, 0.3) is 0 Å². The molecule has 0 heterocycles. The molecule has 79 heavy (non-hydrogen) atoms. The standard InChI is InChI=1S/C8H13F3.C8H16.C7H16.C6H11F3.3C6H14.C5H9F3.2C5H12.2C4H10/c1-5-3-6(2)7(4-5)8(9,10)11;1-6-4-5-7(2)8(6)3;1-5-6-7(2,3)4;1-3-4-5(2)6(7,8)9;2*1-5-6(2,3)4;1-4-5-6(2)3;1-3-4(2)5(6,7)8;1-4-5(2)3;1-3-5-4-2;2*1-4(2)3/h5-7H,3-4H2,1-2H3;6-8H,4-5H2,1-3H3;5-6H2,1-4H3;5H,3-4H2,1-2H3;2*5H2,1-4H3;6H,4-5H2,1-3H3;4H,3H2,1-2H3;5H,4H2,1-3H3;3-5H2,1-2H3;2*4H,1-3H3/t5-,6?,7?;;;;;;;;;;;/m0.........../s1/i;;;;5D2;;;;;;4D;. The second kappa shape index (κ2) is 57.8. The van der Waals surface area contributed by atoms with Gasteiger partial charge in [0.2, 0.25) is 0 Å². The first-order chi connectivity index (χ1) is 36.1. The molecule has 494 valence electrons. The third-order valence-electron chi connectivity index (χ3n) is 13.1. The molecule has 9 heteroatoms. The molecule has 2 saturated carbocycles. The molecule has 0 aromatic carbocycles. The number of rotatable bonds is 9. The summed E-state index contributed by atoms with van der Waals surface area (Å²) in [5.74, 6) is 2.07. The van der Waals surface area contributed by atoms with Crippen molar-refractivity contribution in [3.8, 4) is 0 Å². The van der Waals surface area contributed by atoms with Crippen LogP contribution in [-0.2, 0) is 0 Å². The Morgan fingerprint density at radius 1 is 0.443 bits per heavy atom. The monoisotopic (exact) mass is 1170 g/mol. The molecule has 0 nitrogen and oxygen atoms in total. The summed E-state index contributed by atoms with van der Waals surface area (Å²) in [7, 11) is 0. The van der Waals surface area contributed by atoms with Crippen molar-refractivity contribution in [2.75, 3.05) is 0 Å². The highest BCUT2D eigenvalue weighted by molar-refractivity contribution is 4.83. The molecule has 0 bridgehead atoms. The fraction of sp³-hybridized carbons (Fsp3) is 1.00. The van der Waals surface area contributed by atoms with Gasteiger partial charge in [0.15, 0.2) is 0 Å². The van der Waals surface area contributed by atoms with Crippen molar-refractivity contribution in [1.29, 1.82) is 0 Å². The van der Waals surface area contributed by atoms with Gasteiger partial charge in [-0.05, 0) is 102 Å². The van der Waals surface area contributed by atoms with E-state index in [2.05, 4.69) is 152 Å². The second-order valence-electron chi connectivity index (χ2n) is 28.5. The lowest BCUT2D eigenvalue weighted by atomic mass is 9.91. The van der Waals surface area contributed by atoms with E-state index in [1.54, 1.807) is 20.8 Å². The van der Waals surface area contributed by atoms with Crippen molar-refractivity contribution in [1.82, 2.24) is 0 Å². The van der Waals surface area contributed by atoms with Gasteiger partial charge in [-0.2, -0.15) is 39.5 Å². The van der Waals surface area contributed by atoms with Gasteiger partial charge in [0, 0.05) is 4.11 Å². The Bertz CT molecular complexity index is 1220. The maximum Gasteiger partial charge on any atom is 0.392 e. The summed E-state index contributed by atoms with van der Waals surface area (Å²) in [5, 5.41) is 0. The summed E-state index contributed by atoms with van der Waals surface area (Å²) in [6.07, 6.45) is 3.98. The van der Waals surface area contributed by atoms with Gasteiger partial charge in [-0.3, -0.25) is 0 Å². The van der Waals surface area contributed by atoms with Crippen molar-refractivity contribution in [2.45, 2.75) is 370 Å². The van der Waals surface area contributed by atoms with Crippen molar-refractivity contribution < 1.29 is 43.6 Å². The van der Waals surface area contributed by atoms with Crippen LogP contribution in [0, 0.1) is 87.2 Å². The van der Waals surface area contributed by atoms with Gasteiger partial charge in [0.05, 0.1) is 17.8 Å². The Hall–Kier alpha value is -0.630. The average Bonchev–Trinajstić information content (AvgIpc) is 3.76. The van der Waals surface area contributed by atoms with Gasteiger partial charge < -0.3 is 0 Å². The minimum absolute atomic E-state index is 0.170. The van der Waals surface area contributed by atoms with Crippen LogP contribution in [0.2, 0.25) is 0 Å². The first-order valence-corrected chi connectivity index (χ1v) is 31.8. The Balaban J connectivity index is -0.0000000871. The van der Waals surface area contributed by atoms with E-state index in [1.807, 2.05) is 48.5 Å². The van der Waals surface area contributed by atoms with Crippen LogP contribution in [0.25, 0.3) is 0 Å². The molecule has 2 rings (SSSR count). The average molecular weight is 1170 g/mol. The van der Waals surface area contributed by atoms with Crippen LogP contribution in [-0.4, -0.2) is 18.5 Å². The maximum absolute atomic E-state index is 12.2. The molecular formula is C70H151F9. The summed E-state index contributed by atoms with van der Waals surface area (Å²) in [4.78, 5) is 0. The zero-order valence-electron chi connectivity index (χ0n) is 63.1. The van der Waals surface area contributed by atoms with Gasteiger partial charge >= 0.3 is 18.5 Å². The Morgan fingerprint density at radius 3 is 0.810 bits per heavy atom. The summed E-state index contributed by atoms with van der Waals surface area (Å²) < 4.78 is 127. The van der Waals surface area contributed by atoms with Gasteiger partial charge in [-0.25, -0.2) is 0 Å². The van der Waals surface area contributed by atoms with Gasteiger partial charge in [-0.1, -0.05) is 319 Å². The molecule has 0 aliphatic heterocycles. The quantitative estimate of drug-likeness (QED) is 0.202. The Kier molecular flexibility index (Phi) is 67.4. The predicted octanol–water partition coefficient (Wildman–Crippen LogP) is 29.2. The normalized spacial score (nSPS) is 20.3. The van der Waals surface area contributed by atoms with Crippen LogP contribution in [0.15, 0.2) is 0 Å². The smallest absolute Gasteiger partial charge is 0.171 e. The third kappa shape index (κ3) is 106. The van der Waals surface area contributed by atoms with Crippen LogP contribution in [0.3, 0.4) is 0 Å². The Labute approximate surface area is 499 Å². The molecule has 0 N–H and O–H groups in total. The molecule has 2 fully saturated rings. The van der Waals surface area contributed by atoms with E-state index in [9.17, 15) is 39.5 Å². The largest absolute Gasteiger partial charge is 0.392 e. The van der Waals surface area contributed by atoms with Crippen molar-refractivity contribution in [3.63, 3.8) is 0 Å². The molecule has 7 atom stereocenters. The highest BCUT2D eigenvalue weighted by Crippen LogP contribution is 2.45. The molecule has 0 aromatic heterocycles. The number of alkyl halides is 9. The van der Waals surface area contributed by atoms with Crippen molar-refractivity contribution in [3.05, 3.63) is 0 Å². The van der Waals surface area contributed by atoms with E-state index in [4.69, 9.17) is 4.11 Å². The minimum Gasteiger partial charge on any atom is -0.171 e. The molecule has 0 aromatic rings. The van der Waals surface area contributed by atoms with E-state index in [-0.39, 0.29) is 36.0 Å². The maximum atomic E-state index is 12.2. The topological polar surface area (TPSA) is 0 Å². The third-order valence-corrected chi connectivity index (χ3v) is 13.1. The van der Waals surface area contributed by atoms with E-state index in [0.717, 1.165) is 41.9 Å².